The van der Waals surface area contributed by atoms with E-state index in [1.54, 1.807) is 21.9 Å². The molecule has 3 fully saturated rings. The fourth-order valence-corrected chi connectivity index (χ4v) is 8.57. The SMILES string of the molecule is NCCCNC(=O)C1CCC(C(F)(F)c2cc(Cl)nc(N3CCC(S(=O)(=O)c4ccc(N5C[C@H](N)CC5=O)cc4)CC3)c2)CC1. The van der Waals surface area contributed by atoms with Gasteiger partial charge in [0.25, 0.3) is 5.92 Å². The van der Waals surface area contributed by atoms with Crippen molar-refractivity contribution in [3.05, 3.63) is 47.1 Å². The van der Waals surface area contributed by atoms with Gasteiger partial charge in [0.2, 0.25) is 11.8 Å². The van der Waals surface area contributed by atoms with E-state index in [0.29, 0.717) is 76.3 Å². The molecule has 2 amide bonds. The summed E-state index contributed by atoms with van der Waals surface area (Å²) in [5, 5.41) is 2.13. The molecular formula is C31H41ClF2N6O4S. The van der Waals surface area contributed by atoms with E-state index in [9.17, 15) is 18.0 Å². The Morgan fingerprint density at radius 1 is 1.07 bits per heavy atom. The number of pyridine rings is 1. The summed E-state index contributed by atoms with van der Waals surface area (Å²) in [4.78, 5) is 32.4. The molecule has 0 unspecified atom stereocenters. The molecule has 10 nitrogen and oxygen atoms in total. The van der Waals surface area contributed by atoms with Gasteiger partial charge in [-0.1, -0.05) is 11.6 Å². The van der Waals surface area contributed by atoms with Crippen LogP contribution in [0.1, 0.15) is 56.9 Å². The number of hydrogen-bond acceptors (Lipinski definition) is 8. The third-order valence-corrected chi connectivity index (χ3v) is 11.8. The standard InChI is InChI=1S/C31H41ClF2N6O4S/c32-27-16-22(31(33,34)21-4-2-20(3-5-21)30(42)37-13-1-12-35)17-28(38-27)39-14-10-26(11-15-39)45(43,44)25-8-6-24(7-9-25)40-19-23(36)18-29(40)41/h6-9,16-17,20-21,23,26H,1-5,10-15,18-19,35-36H2,(H,37,42)/t20?,21?,23-/m1/s1. The number of amides is 2. The molecule has 246 valence electrons. The maximum absolute atomic E-state index is 15.8. The van der Waals surface area contributed by atoms with E-state index in [2.05, 4.69) is 10.3 Å². The smallest absolute Gasteiger partial charge is 0.276 e. The number of aromatic nitrogens is 1. The number of halogens is 3. The van der Waals surface area contributed by atoms with Crippen molar-refractivity contribution in [3.8, 4) is 0 Å². The van der Waals surface area contributed by atoms with Crippen molar-refractivity contribution in [1.29, 1.82) is 0 Å². The van der Waals surface area contributed by atoms with Crippen LogP contribution in [0.4, 0.5) is 20.3 Å². The van der Waals surface area contributed by atoms with E-state index >= 15 is 8.78 Å². The predicted molar refractivity (Wildman–Crippen MR) is 169 cm³/mol. The average molecular weight is 667 g/mol. The summed E-state index contributed by atoms with van der Waals surface area (Å²) in [5.74, 6) is -4.28. The van der Waals surface area contributed by atoms with Crippen molar-refractivity contribution in [2.24, 2.45) is 23.3 Å². The summed E-state index contributed by atoms with van der Waals surface area (Å²) in [6.45, 7) is 1.97. The molecule has 45 heavy (non-hydrogen) atoms. The van der Waals surface area contributed by atoms with Crippen molar-refractivity contribution in [3.63, 3.8) is 0 Å². The van der Waals surface area contributed by atoms with Gasteiger partial charge in [0.05, 0.1) is 10.1 Å². The molecule has 3 heterocycles. The van der Waals surface area contributed by atoms with E-state index in [0.717, 1.165) is 0 Å². The number of nitrogens with one attached hydrogen (secondary N) is 1. The molecule has 3 aliphatic rings. The number of rotatable bonds is 10. The maximum atomic E-state index is 15.8. The minimum absolute atomic E-state index is 0.0533. The molecule has 14 heteroatoms. The number of hydrogen-bond donors (Lipinski definition) is 3. The minimum atomic E-state index is -3.66. The van der Waals surface area contributed by atoms with Crippen LogP contribution in [0.2, 0.25) is 5.15 Å². The zero-order valence-corrected chi connectivity index (χ0v) is 26.7. The molecule has 5 N–H and O–H groups in total. The van der Waals surface area contributed by atoms with E-state index in [1.807, 2.05) is 0 Å². The predicted octanol–water partition coefficient (Wildman–Crippen LogP) is 3.60. The summed E-state index contributed by atoms with van der Waals surface area (Å²) in [5.41, 5.74) is 11.7. The Morgan fingerprint density at radius 2 is 1.73 bits per heavy atom. The quantitative estimate of drug-likeness (QED) is 0.257. The molecule has 1 aromatic carbocycles. The van der Waals surface area contributed by atoms with E-state index < -0.39 is 26.9 Å². The van der Waals surface area contributed by atoms with Crippen LogP contribution in [0.5, 0.6) is 0 Å². The van der Waals surface area contributed by atoms with Crippen LogP contribution in [-0.2, 0) is 25.3 Å². The van der Waals surface area contributed by atoms with Crippen LogP contribution >= 0.6 is 11.6 Å². The first kappa shape index (κ1) is 33.5. The number of piperidine rings is 1. The van der Waals surface area contributed by atoms with Crippen molar-refractivity contribution >= 4 is 44.8 Å². The third kappa shape index (κ3) is 7.42. The van der Waals surface area contributed by atoms with Crippen LogP contribution in [0.3, 0.4) is 0 Å². The Kier molecular flexibility index (Phi) is 10.3. The van der Waals surface area contributed by atoms with Crippen LogP contribution in [0.25, 0.3) is 0 Å². The second-order valence-corrected chi connectivity index (χ2v) is 15.0. The number of carbonyl (C=O) groups is 2. The van der Waals surface area contributed by atoms with Crippen molar-refractivity contribution in [2.75, 3.05) is 42.5 Å². The lowest BCUT2D eigenvalue weighted by molar-refractivity contribution is -0.129. The third-order valence-electron chi connectivity index (χ3n) is 9.29. The van der Waals surface area contributed by atoms with Crippen molar-refractivity contribution in [2.45, 2.75) is 73.5 Å². The number of benzene rings is 1. The Hall–Kier alpha value is -2.87. The zero-order chi connectivity index (χ0) is 32.4. The molecule has 2 aromatic rings. The van der Waals surface area contributed by atoms with Gasteiger partial charge in [0.1, 0.15) is 11.0 Å². The van der Waals surface area contributed by atoms with Gasteiger partial charge in [-0.3, -0.25) is 9.59 Å². The first-order valence-electron chi connectivity index (χ1n) is 15.6. The molecule has 1 aromatic heterocycles. The van der Waals surface area contributed by atoms with Crippen molar-refractivity contribution in [1.82, 2.24) is 10.3 Å². The molecule has 5 rings (SSSR count). The van der Waals surface area contributed by atoms with Gasteiger partial charge in [-0.15, -0.1) is 0 Å². The van der Waals surface area contributed by atoms with Crippen molar-refractivity contribution < 1.29 is 26.8 Å². The first-order valence-corrected chi connectivity index (χ1v) is 17.5. The zero-order valence-electron chi connectivity index (χ0n) is 25.1. The fourth-order valence-electron chi connectivity index (χ4n) is 6.64. The van der Waals surface area contributed by atoms with Gasteiger partial charge in [-0.2, -0.15) is 0 Å². The molecular weight excluding hydrogens is 626 g/mol. The van der Waals surface area contributed by atoms with Gasteiger partial charge < -0.3 is 26.6 Å². The summed E-state index contributed by atoms with van der Waals surface area (Å²) in [6, 6.07) is 8.60. The highest BCUT2D eigenvalue weighted by Crippen LogP contribution is 2.46. The minimum Gasteiger partial charge on any atom is -0.356 e. The summed E-state index contributed by atoms with van der Waals surface area (Å²) >= 11 is 6.24. The highest BCUT2D eigenvalue weighted by Gasteiger charge is 2.44. The van der Waals surface area contributed by atoms with Gasteiger partial charge >= 0.3 is 0 Å². The largest absolute Gasteiger partial charge is 0.356 e. The Morgan fingerprint density at radius 3 is 2.33 bits per heavy atom. The fraction of sp³-hybridized carbons (Fsp3) is 0.581. The number of sulfone groups is 1. The van der Waals surface area contributed by atoms with E-state index in [4.69, 9.17) is 23.1 Å². The maximum Gasteiger partial charge on any atom is 0.276 e. The van der Waals surface area contributed by atoms with Gasteiger partial charge in [0, 0.05) is 61.7 Å². The molecule has 0 radical (unpaired) electrons. The molecule has 2 aliphatic heterocycles. The van der Waals surface area contributed by atoms with Crippen LogP contribution in [0, 0.1) is 11.8 Å². The molecule has 1 saturated carbocycles. The second kappa shape index (κ2) is 13.9. The normalized spacial score (nSPS) is 23.4. The average Bonchev–Trinajstić information content (AvgIpc) is 3.38. The van der Waals surface area contributed by atoms with Crippen LogP contribution in [-0.4, -0.2) is 69.2 Å². The number of nitrogens with zero attached hydrogens (tertiary/aromatic N) is 3. The number of nitrogens with two attached hydrogens (primary N) is 2. The molecule has 1 atom stereocenters. The number of carbonyl (C=O) groups excluding carboxylic acids is 2. The second-order valence-electron chi connectivity index (χ2n) is 12.3. The van der Waals surface area contributed by atoms with Gasteiger partial charge in [-0.25, -0.2) is 22.2 Å². The highest BCUT2D eigenvalue weighted by atomic mass is 35.5. The molecule has 0 spiro atoms. The van der Waals surface area contributed by atoms with Crippen LogP contribution < -0.4 is 26.6 Å². The Labute approximate surface area is 267 Å². The first-order chi connectivity index (χ1) is 21.4. The lowest BCUT2D eigenvalue weighted by Crippen LogP contribution is -2.40. The Balaban J connectivity index is 1.20. The molecule has 1 aliphatic carbocycles. The van der Waals surface area contributed by atoms with E-state index in [1.165, 1.54) is 24.3 Å². The monoisotopic (exact) mass is 666 g/mol. The number of alkyl halides is 2. The topological polar surface area (TPSA) is 152 Å². The summed E-state index contributed by atoms with van der Waals surface area (Å²) < 4.78 is 58.5. The highest BCUT2D eigenvalue weighted by molar-refractivity contribution is 7.92. The lowest BCUT2D eigenvalue weighted by atomic mass is 9.77. The van der Waals surface area contributed by atoms with Crippen LogP contribution in [0.15, 0.2) is 41.3 Å². The van der Waals surface area contributed by atoms with Gasteiger partial charge in [0.15, 0.2) is 9.84 Å². The lowest BCUT2D eigenvalue weighted by Gasteiger charge is -2.35. The van der Waals surface area contributed by atoms with Gasteiger partial charge in [-0.05, 0) is 87.9 Å². The van der Waals surface area contributed by atoms with E-state index in [-0.39, 0.29) is 58.6 Å². The summed E-state index contributed by atoms with van der Waals surface area (Å²) in [7, 11) is -3.66. The Bertz CT molecular complexity index is 1480. The number of anilines is 2. The summed E-state index contributed by atoms with van der Waals surface area (Å²) in [6.07, 6.45) is 2.71. The molecule has 2 saturated heterocycles. The molecule has 0 bridgehead atoms.